The van der Waals surface area contributed by atoms with Crippen LogP contribution >= 0.6 is 43.2 Å². The number of hydrogen-bond donors (Lipinski definition) is 0. The third-order valence-corrected chi connectivity index (χ3v) is 4.97. The van der Waals surface area contributed by atoms with Crippen molar-refractivity contribution < 1.29 is 14.5 Å². The van der Waals surface area contributed by atoms with E-state index in [2.05, 4.69) is 31.9 Å². The van der Waals surface area contributed by atoms with Crippen molar-refractivity contribution >= 4 is 54.7 Å². The van der Waals surface area contributed by atoms with Gasteiger partial charge in [-0.05, 0) is 56.5 Å². The minimum Gasteiger partial charge on any atom is -0.478 e. The van der Waals surface area contributed by atoms with E-state index >= 15 is 0 Å². The molecule has 0 aliphatic rings. The standard InChI is InChI=1S/C13H9Br2NO4S/c1-7-2-3-11(9(4-7)16(18)19)20-6-10(17)8-5-12(14)21-13(8)15/h2-5H,6H2,1H3. The van der Waals surface area contributed by atoms with Crippen LogP contribution in [0.1, 0.15) is 15.9 Å². The molecule has 0 saturated heterocycles. The maximum absolute atomic E-state index is 12.1. The Morgan fingerprint density at radius 1 is 1.38 bits per heavy atom. The number of Topliss-reactive ketones (excluding diaryl/α,β-unsaturated/α-hetero) is 1. The van der Waals surface area contributed by atoms with Gasteiger partial charge >= 0.3 is 5.69 Å². The lowest BCUT2D eigenvalue weighted by molar-refractivity contribution is -0.385. The molecule has 0 fully saturated rings. The third-order valence-electron chi connectivity index (χ3n) is 2.63. The van der Waals surface area contributed by atoms with Crippen LogP contribution in [0.4, 0.5) is 5.69 Å². The zero-order valence-corrected chi connectivity index (χ0v) is 14.7. The highest BCUT2D eigenvalue weighted by atomic mass is 79.9. The Hall–Kier alpha value is -1.25. The summed E-state index contributed by atoms with van der Waals surface area (Å²) in [6.07, 6.45) is 0. The predicted octanol–water partition coefficient (Wildman–Crippen LogP) is 4.75. The number of ether oxygens (including phenoxy) is 1. The molecular weight excluding hydrogens is 426 g/mol. The van der Waals surface area contributed by atoms with Crippen LogP contribution in [-0.4, -0.2) is 17.3 Å². The van der Waals surface area contributed by atoms with E-state index in [-0.39, 0.29) is 23.8 Å². The van der Waals surface area contributed by atoms with Crippen molar-refractivity contribution in [3.63, 3.8) is 0 Å². The minimum absolute atomic E-state index is 0.0874. The number of hydrogen-bond acceptors (Lipinski definition) is 5. The number of nitro groups is 1. The van der Waals surface area contributed by atoms with Crippen molar-refractivity contribution in [3.05, 3.63) is 53.1 Å². The predicted molar refractivity (Wildman–Crippen MR) is 87.4 cm³/mol. The van der Waals surface area contributed by atoms with Gasteiger partial charge in [0.15, 0.2) is 12.4 Å². The van der Waals surface area contributed by atoms with Gasteiger partial charge in [0.1, 0.15) is 0 Å². The van der Waals surface area contributed by atoms with Crippen LogP contribution in [0.15, 0.2) is 31.8 Å². The number of nitrogens with zero attached hydrogens (tertiary/aromatic N) is 1. The highest BCUT2D eigenvalue weighted by molar-refractivity contribution is 9.12. The zero-order chi connectivity index (χ0) is 15.6. The lowest BCUT2D eigenvalue weighted by atomic mass is 10.2. The fourth-order valence-electron chi connectivity index (χ4n) is 1.64. The van der Waals surface area contributed by atoms with Crippen LogP contribution in [0.5, 0.6) is 5.75 Å². The largest absolute Gasteiger partial charge is 0.478 e. The zero-order valence-electron chi connectivity index (χ0n) is 10.8. The highest BCUT2D eigenvalue weighted by Crippen LogP contribution is 2.33. The minimum atomic E-state index is -0.524. The molecule has 1 aromatic carbocycles. The summed E-state index contributed by atoms with van der Waals surface area (Å²) >= 11 is 7.97. The Labute approximate surface area is 141 Å². The summed E-state index contributed by atoms with van der Waals surface area (Å²) in [5.41, 5.74) is 1.10. The molecule has 21 heavy (non-hydrogen) atoms. The van der Waals surface area contributed by atoms with Crippen molar-refractivity contribution in [1.29, 1.82) is 0 Å². The molecule has 1 aromatic heterocycles. The van der Waals surface area contributed by atoms with Crippen molar-refractivity contribution in [2.24, 2.45) is 0 Å². The summed E-state index contributed by atoms with van der Waals surface area (Å²) < 4.78 is 6.83. The molecule has 0 saturated carbocycles. The van der Waals surface area contributed by atoms with Gasteiger partial charge in [0.2, 0.25) is 5.78 Å². The average Bonchev–Trinajstić information content (AvgIpc) is 2.75. The summed E-state index contributed by atoms with van der Waals surface area (Å²) in [5.74, 6) is -0.164. The molecule has 1 heterocycles. The van der Waals surface area contributed by atoms with E-state index in [1.54, 1.807) is 19.1 Å². The number of carbonyl (C=O) groups is 1. The van der Waals surface area contributed by atoms with Crippen molar-refractivity contribution in [1.82, 2.24) is 0 Å². The topological polar surface area (TPSA) is 69.4 Å². The number of thiophene rings is 1. The van der Waals surface area contributed by atoms with Crippen LogP contribution in [0, 0.1) is 17.0 Å². The Balaban J connectivity index is 2.15. The van der Waals surface area contributed by atoms with Gasteiger partial charge in [-0.3, -0.25) is 14.9 Å². The van der Waals surface area contributed by atoms with Crippen LogP contribution in [0.2, 0.25) is 0 Å². The molecule has 110 valence electrons. The molecule has 2 rings (SSSR count). The Morgan fingerprint density at radius 3 is 2.67 bits per heavy atom. The number of benzene rings is 1. The van der Waals surface area contributed by atoms with E-state index < -0.39 is 4.92 Å². The van der Waals surface area contributed by atoms with Crippen LogP contribution < -0.4 is 4.74 Å². The third kappa shape index (κ3) is 3.90. The van der Waals surface area contributed by atoms with Gasteiger partial charge in [-0.2, -0.15) is 0 Å². The normalized spacial score (nSPS) is 10.4. The van der Waals surface area contributed by atoms with Gasteiger partial charge in [-0.15, -0.1) is 11.3 Å². The molecule has 0 atom stereocenters. The molecule has 0 aliphatic carbocycles. The number of aryl methyl sites for hydroxylation is 1. The molecule has 0 aliphatic heterocycles. The summed E-state index contributed by atoms with van der Waals surface area (Å²) in [5, 5.41) is 11.0. The molecule has 0 unspecified atom stereocenters. The maximum atomic E-state index is 12.1. The lowest BCUT2D eigenvalue weighted by Crippen LogP contribution is -2.12. The van der Waals surface area contributed by atoms with Crippen LogP contribution in [-0.2, 0) is 0 Å². The summed E-state index contributed by atoms with van der Waals surface area (Å²) in [4.78, 5) is 22.5. The quantitative estimate of drug-likeness (QED) is 0.386. The van der Waals surface area contributed by atoms with E-state index in [0.717, 1.165) is 9.35 Å². The summed E-state index contributed by atoms with van der Waals surface area (Å²) in [6, 6.07) is 6.30. The van der Waals surface area contributed by atoms with Gasteiger partial charge < -0.3 is 4.74 Å². The number of carbonyl (C=O) groups excluding carboxylic acids is 1. The van der Waals surface area contributed by atoms with Gasteiger partial charge in [0, 0.05) is 11.6 Å². The molecule has 5 nitrogen and oxygen atoms in total. The second-order valence-electron chi connectivity index (χ2n) is 4.18. The van der Waals surface area contributed by atoms with Gasteiger partial charge in [-0.25, -0.2) is 0 Å². The molecule has 2 aromatic rings. The first-order valence-corrected chi connectivity index (χ1v) is 8.14. The fourth-order valence-corrected chi connectivity index (χ4v) is 4.50. The second-order valence-corrected chi connectivity index (χ2v) is 7.93. The number of halogens is 2. The van der Waals surface area contributed by atoms with Crippen molar-refractivity contribution in [2.45, 2.75) is 6.92 Å². The number of rotatable bonds is 5. The maximum Gasteiger partial charge on any atom is 0.311 e. The van der Waals surface area contributed by atoms with Gasteiger partial charge in [-0.1, -0.05) is 6.07 Å². The monoisotopic (exact) mass is 433 g/mol. The molecular formula is C13H9Br2NO4S. The number of ketones is 1. The highest BCUT2D eigenvalue weighted by Gasteiger charge is 2.18. The van der Waals surface area contributed by atoms with E-state index in [4.69, 9.17) is 4.74 Å². The van der Waals surface area contributed by atoms with Crippen LogP contribution in [0.25, 0.3) is 0 Å². The first kappa shape index (κ1) is 16.1. The summed E-state index contributed by atoms with van der Waals surface area (Å²) in [7, 11) is 0. The van der Waals surface area contributed by atoms with E-state index in [1.165, 1.54) is 23.5 Å². The molecule has 0 bridgehead atoms. The molecule has 0 spiro atoms. The Kier molecular flexibility index (Phi) is 5.13. The lowest BCUT2D eigenvalue weighted by Gasteiger charge is -2.06. The fraction of sp³-hybridized carbons (Fsp3) is 0.154. The smallest absolute Gasteiger partial charge is 0.311 e. The van der Waals surface area contributed by atoms with Crippen molar-refractivity contribution in [3.8, 4) is 5.75 Å². The molecule has 8 heteroatoms. The first-order chi connectivity index (χ1) is 9.88. The molecule has 0 N–H and O–H groups in total. The second kappa shape index (κ2) is 6.67. The molecule has 0 radical (unpaired) electrons. The Morgan fingerprint density at radius 2 is 2.10 bits per heavy atom. The van der Waals surface area contributed by atoms with Gasteiger partial charge in [0.05, 0.1) is 12.5 Å². The SMILES string of the molecule is Cc1ccc(OCC(=O)c2cc(Br)sc2Br)c([N+](=O)[O-])c1. The van der Waals surface area contributed by atoms with E-state index in [1.807, 2.05) is 0 Å². The first-order valence-electron chi connectivity index (χ1n) is 5.74. The summed E-state index contributed by atoms with van der Waals surface area (Å²) in [6.45, 7) is 1.49. The van der Waals surface area contributed by atoms with E-state index in [9.17, 15) is 14.9 Å². The Bertz CT molecular complexity index is 714. The van der Waals surface area contributed by atoms with Crippen molar-refractivity contribution in [2.75, 3.05) is 6.61 Å². The van der Waals surface area contributed by atoms with E-state index in [0.29, 0.717) is 9.35 Å². The average molecular weight is 435 g/mol. The number of nitro benzene ring substituents is 1. The van der Waals surface area contributed by atoms with Gasteiger partial charge in [0.25, 0.3) is 0 Å². The van der Waals surface area contributed by atoms with Crippen LogP contribution in [0.3, 0.4) is 0 Å². The molecule has 0 amide bonds.